The van der Waals surface area contributed by atoms with Crippen LogP contribution in [-0.4, -0.2) is 34.7 Å². The SMILES string of the molecule is CSC1CC(N)C(=O)Oc2ccc(cc2)N1Nc1cccc(C(=O)O)c1. The molecule has 2 atom stereocenters. The van der Waals surface area contributed by atoms with Gasteiger partial charge in [-0.05, 0) is 48.7 Å². The fourth-order valence-corrected chi connectivity index (χ4v) is 3.44. The minimum Gasteiger partial charge on any atom is -0.478 e. The van der Waals surface area contributed by atoms with E-state index in [9.17, 15) is 14.7 Å². The van der Waals surface area contributed by atoms with Crippen LogP contribution in [0.1, 0.15) is 16.8 Å². The van der Waals surface area contributed by atoms with Crippen LogP contribution in [0.2, 0.25) is 0 Å². The molecule has 136 valence electrons. The van der Waals surface area contributed by atoms with Gasteiger partial charge in [0.1, 0.15) is 11.8 Å². The van der Waals surface area contributed by atoms with E-state index in [0.29, 0.717) is 17.9 Å². The first kappa shape index (κ1) is 18.1. The summed E-state index contributed by atoms with van der Waals surface area (Å²) in [6, 6.07) is 12.8. The van der Waals surface area contributed by atoms with E-state index in [1.807, 2.05) is 23.4 Å². The number of hydrogen-bond donors (Lipinski definition) is 3. The second-order valence-electron chi connectivity index (χ2n) is 5.82. The standard InChI is InChI=1S/C18H19N3O4S/c1-26-16-10-15(19)18(24)25-14-7-5-13(6-8-14)21(16)20-12-4-2-3-11(9-12)17(22)23/h2-9,15-16,20H,10,19H2,1H3,(H,22,23). The van der Waals surface area contributed by atoms with Gasteiger partial charge in [0.2, 0.25) is 0 Å². The summed E-state index contributed by atoms with van der Waals surface area (Å²) in [5.74, 6) is -1.04. The van der Waals surface area contributed by atoms with E-state index in [0.717, 1.165) is 5.69 Å². The van der Waals surface area contributed by atoms with Crippen LogP contribution in [0.5, 0.6) is 5.75 Å². The Bertz CT molecular complexity index is 812. The summed E-state index contributed by atoms with van der Waals surface area (Å²) < 4.78 is 5.27. The van der Waals surface area contributed by atoms with E-state index in [-0.39, 0.29) is 10.9 Å². The second kappa shape index (κ2) is 7.67. The number of benzene rings is 2. The number of nitrogens with zero attached hydrogens (tertiary/aromatic N) is 1. The van der Waals surface area contributed by atoms with Crippen molar-refractivity contribution in [2.24, 2.45) is 5.73 Å². The molecule has 0 saturated heterocycles. The number of hydrazine groups is 1. The largest absolute Gasteiger partial charge is 0.478 e. The highest BCUT2D eigenvalue weighted by Gasteiger charge is 2.27. The first-order valence-electron chi connectivity index (χ1n) is 7.97. The molecule has 4 rings (SSSR count). The topological polar surface area (TPSA) is 105 Å². The van der Waals surface area contributed by atoms with Gasteiger partial charge in [0.15, 0.2) is 0 Å². The zero-order valence-corrected chi connectivity index (χ0v) is 14.9. The summed E-state index contributed by atoms with van der Waals surface area (Å²) in [6.45, 7) is 0. The fraction of sp³-hybridized carbons (Fsp3) is 0.222. The summed E-state index contributed by atoms with van der Waals surface area (Å²) >= 11 is 1.53. The molecule has 26 heavy (non-hydrogen) atoms. The lowest BCUT2D eigenvalue weighted by molar-refractivity contribution is -0.136. The van der Waals surface area contributed by atoms with Crippen LogP contribution < -0.4 is 20.9 Å². The van der Waals surface area contributed by atoms with Crippen LogP contribution in [0.4, 0.5) is 11.4 Å². The van der Waals surface area contributed by atoms with Gasteiger partial charge in [0.05, 0.1) is 22.3 Å². The number of hydrogen-bond acceptors (Lipinski definition) is 7. The summed E-state index contributed by atoms with van der Waals surface area (Å²) in [4.78, 5) is 23.3. The van der Waals surface area contributed by atoms with Gasteiger partial charge in [0.25, 0.3) is 0 Å². The number of anilines is 2. The Hall–Kier alpha value is -2.71. The van der Waals surface area contributed by atoms with E-state index in [4.69, 9.17) is 10.5 Å². The Kier molecular flexibility index (Phi) is 5.34. The van der Waals surface area contributed by atoms with Gasteiger partial charge in [0, 0.05) is 6.42 Å². The van der Waals surface area contributed by atoms with E-state index in [2.05, 4.69) is 5.43 Å². The van der Waals surface area contributed by atoms with Crippen molar-refractivity contribution in [1.82, 2.24) is 0 Å². The minimum absolute atomic E-state index is 0.171. The average molecular weight is 373 g/mol. The predicted octanol–water partition coefficient (Wildman–Crippen LogP) is 2.54. The molecule has 0 amide bonds. The van der Waals surface area contributed by atoms with Gasteiger partial charge in [-0.2, -0.15) is 0 Å². The van der Waals surface area contributed by atoms with Crippen LogP contribution >= 0.6 is 11.8 Å². The van der Waals surface area contributed by atoms with E-state index in [1.54, 1.807) is 30.3 Å². The van der Waals surface area contributed by atoms with Gasteiger partial charge in [-0.25, -0.2) is 9.59 Å². The van der Waals surface area contributed by atoms with Crippen molar-refractivity contribution in [3.8, 4) is 5.75 Å². The van der Waals surface area contributed by atoms with Crippen LogP contribution in [-0.2, 0) is 4.79 Å². The van der Waals surface area contributed by atoms with Gasteiger partial charge < -0.3 is 15.6 Å². The Morgan fingerprint density at radius 1 is 1.31 bits per heavy atom. The number of carbonyl (C=O) groups is 2. The van der Waals surface area contributed by atoms with Gasteiger partial charge in [-0.1, -0.05) is 6.07 Å². The maximum atomic E-state index is 12.1. The lowest BCUT2D eigenvalue weighted by Gasteiger charge is -2.35. The fourth-order valence-electron chi connectivity index (χ4n) is 2.65. The molecule has 0 aliphatic carbocycles. The number of ether oxygens (including phenoxy) is 1. The van der Waals surface area contributed by atoms with Crippen LogP contribution in [0.15, 0.2) is 48.5 Å². The second-order valence-corrected chi connectivity index (χ2v) is 6.83. The summed E-state index contributed by atoms with van der Waals surface area (Å²) in [5.41, 5.74) is 10.9. The van der Waals surface area contributed by atoms with Crippen molar-refractivity contribution >= 4 is 35.1 Å². The Balaban J connectivity index is 1.97. The Morgan fingerprint density at radius 3 is 2.69 bits per heavy atom. The number of thioether (sulfide) groups is 1. The van der Waals surface area contributed by atoms with Crippen molar-refractivity contribution in [3.05, 3.63) is 54.1 Å². The first-order valence-corrected chi connectivity index (χ1v) is 9.26. The van der Waals surface area contributed by atoms with Crippen LogP contribution in [0.3, 0.4) is 0 Å². The highest BCUT2D eigenvalue weighted by atomic mass is 32.2. The van der Waals surface area contributed by atoms with Crippen molar-refractivity contribution < 1.29 is 19.4 Å². The Labute approximate surface area is 155 Å². The quantitative estimate of drug-likeness (QED) is 0.555. The molecule has 4 N–H and O–H groups in total. The number of carboxylic acids is 1. The molecular weight excluding hydrogens is 354 g/mol. The Morgan fingerprint density at radius 2 is 2.04 bits per heavy atom. The molecule has 7 nitrogen and oxygen atoms in total. The van der Waals surface area contributed by atoms with Gasteiger partial charge >= 0.3 is 11.9 Å². The predicted molar refractivity (Wildman–Crippen MR) is 101 cm³/mol. The molecule has 2 aromatic carbocycles. The summed E-state index contributed by atoms with van der Waals surface area (Å²) in [7, 11) is 0. The number of aromatic carboxylic acids is 1. The van der Waals surface area contributed by atoms with E-state index >= 15 is 0 Å². The molecule has 8 heteroatoms. The minimum atomic E-state index is -0.995. The lowest BCUT2D eigenvalue weighted by Crippen LogP contribution is -2.45. The molecule has 2 aliphatic rings. The third kappa shape index (κ3) is 3.92. The lowest BCUT2D eigenvalue weighted by atomic mass is 10.2. The molecule has 0 saturated carbocycles. The number of carbonyl (C=O) groups excluding carboxylic acids is 1. The van der Waals surface area contributed by atoms with Crippen LogP contribution in [0, 0.1) is 0 Å². The number of nitrogens with one attached hydrogen (secondary N) is 1. The van der Waals surface area contributed by atoms with E-state index < -0.39 is 18.0 Å². The third-order valence-electron chi connectivity index (χ3n) is 4.01. The third-order valence-corrected chi connectivity index (χ3v) is 4.96. The molecular formula is C18H19N3O4S. The maximum absolute atomic E-state index is 12.1. The van der Waals surface area contributed by atoms with E-state index in [1.165, 1.54) is 17.8 Å². The highest BCUT2D eigenvalue weighted by Crippen LogP contribution is 2.29. The number of carboxylic acid groups (broad SMARTS) is 1. The normalized spacial score (nSPS) is 19.8. The van der Waals surface area contributed by atoms with Crippen molar-refractivity contribution in [3.63, 3.8) is 0 Å². The zero-order chi connectivity index (χ0) is 18.7. The summed E-state index contributed by atoms with van der Waals surface area (Å²) in [6.07, 6.45) is 2.29. The highest BCUT2D eigenvalue weighted by molar-refractivity contribution is 7.99. The molecule has 2 aromatic rings. The zero-order valence-electron chi connectivity index (χ0n) is 14.1. The van der Waals surface area contributed by atoms with Crippen molar-refractivity contribution in [2.45, 2.75) is 17.8 Å². The smallest absolute Gasteiger partial charge is 0.335 e. The molecule has 0 radical (unpaired) electrons. The molecule has 2 heterocycles. The molecule has 2 bridgehead atoms. The van der Waals surface area contributed by atoms with Gasteiger partial charge in [-0.3, -0.25) is 10.4 Å². The molecule has 0 aromatic heterocycles. The van der Waals surface area contributed by atoms with Crippen molar-refractivity contribution in [1.29, 1.82) is 0 Å². The van der Waals surface area contributed by atoms with Crippen molar-refractivity contribution in [2.75, 3.05) is 16.7 Å². The molecule has 2 aliphatic heterocycles. The molecule has 2 unspecified atom stereocenters. The average Bonchev–Trinajstić information content (AvgIpc) is 2.64. The number of nitrogens with two attached hydrogens (primary N) is 1. The number of esters is 1. The number of rotatable bonds is 4. The van der Waals surface area contributed by atoms with Crippen LogP contribution in [0.25, 0.3) is 0 Å². The first-order chi connectivity index (χ1) is 12.5. The maximum Gasteiger partial charge on any atom is 0.335 e. The number of fused-ring (bicyclic) bond motifs is 7. The molecule has 0 fully saturated rings. The molecule has 0 spiro atoms. The summed E-state index contributed by atoms with van der Waals surface area (Å²) in [5, 5.41) is 10.9. The van der Waals surface area contributed by atoms with Gasteiger partial charge in [-0.15, -0.1) is 11.8 Å². The monoisotopic (exact) mass is 373 g/mol.